The maximum Gasteiger partial charge on any atom is 0.107 e. The van der Waals surface area contributed by atoms with Crippen molar-refractivity contribution in [3.05, 3.63) is 29.6 Å². The van der Waals surface area contributed by atoms with Crippen LogP contribution in [0.25, 0.3) is 0 Å². The molecule has 3 nitrogen and oxygen atoms in total. The fourth-order valence-electron chi connectivity index (χ4n) is 2.43. The van der Waals surface area contributed by atoms with Crippen LogP contribution in [0.4, 0.5) is 0 Å². The lowest BCUT2D eigenvalue weighted by atomic mass is 9.63. The predicted octanol–water partition coefficient (Wildman–Crippen LogP) is 1.20. The highest BCUT2D eigenvalue weighted by Gasteiger charge is 2.47. The van der Waals surface area contributed by atoms with Gasteiger partial charge in [0.05, 0.1) is 0 Å². The van der Waals surface area contributed by atoms with Crippen LogP contribution >= 0.6 is 0 Å². The van der Waals surface area contributed by atoms with Gasteiger partial charge in [0.2, 0.25) is 0 Å². The zero-order valence-electron chi connectivity index (χ0n) is 9.33. The standard InChI is InChI=1S/C12H18N2O/c1-11(2)5-3-9-7-14-6-4-10(9)12(11,15)8-13/h4,6-7,15H,3,5,8,13H2,1-2H3. The highest BCUT2D eigenvalue weighted by molar-refractivity contribution is 5.35. The van der Waals surface area contributed by atoms with Crippen molar-refractivity contribution < 1.29 is 5.11 Å². The van der Waals surface area contributed by atoms with Crippen LogP contribution in [0.2, 0.25) is 0 Å². The molecule has 1 aliphatic carbocycles. The van der Waals surface area contributed by atoms with Gasteiger partial charge in [-0.3, -0.25) is 4.98 Å². The molecule has 2 rings (SSSR count). The predicted molar refractivity (Wildman–Crippen MR) is 59.3 cm³/mol. The van der Waals surface area contributed by atoms with E-state index in [1.807, 2.05) is 12.3 Å². The van der Waals surface area contributed by atoms with Gasteiger partial charge in [-0.15, -0.1) is 0 Å². The summed E-state index contributed by atoms with van der Waals surface area (Å²) in [5.41, 5.74) is 6.76. The van der Waals surface area contributed by atoms with E-state index in [2.05, 4.69) is 18.8 Å². The lowest BCUT2D eigenvalue weighted by molar-refractivity contribution is -0.0776. The van der Waals surface area contributed by atoms with Gasteiger partial charge >= 0.3 is 0 Å². The molecule has 0 radical (unpaired) electrons. The second kappa shape index (κ2) is 3.29. The molecule has 0 amide bonds. The highest BCUT2D eigenvalue weighted by Crippen LogP contribution is 2.47. The number of rotatable bonds is 1. The zero-order valence-corrected chi connectivity index (χ0v) is 9.33. The van der Waals surface area contributed by atoms with Crippen LogP contribution in [-0.4, -0.2) is 16.6 Å². The summed E-state index contributed by atoms with van der Waals surface area (Å²) < 4.78 is 0. The Morgan fingerprint density at radius 1 is 1.53 bits per heavy atom. The third-order valence-electron chi connectivity index (χ3n) is 3.78. The maximum absolute atomic E-state index is 10.7. The van der Waals surface area contributed by atoms with E-state index in [1.165, 1.54) is 0 Å². The Labute approximate surface area is 90.3 Å². The van der Waals surface area contributed by atoms with Gasteiger partial charge in [-0.05, 0) is 35.4 Å². The van der Waals surface area contributed by atoms with Crippen molar-refractivity contribution in [1.29, 1.82) is 0 Å². The lowest BCUT2D eigenvalue weighted by Crippen LogP contribution is -2.50. The number of nitrogens with two attached hydrogens (primary N) is 1. The lowest BCUT2D eigenvalue weighted by Gasteiger charge is -2.46. The molecule has 0 bridgehead atoms. The number of hydrogen-bond donors (Lipinski definition) is 2. The van der Waals surface area contributed by atoms with Crippen molar-refractivity contribution in [2.45, 2.75) is 32.3 Å². The summed E-state index contributed by atoms with van der Waals surface area (Å²) in [6.45, 7) is 4.41. The van der Waals surface area contributed by atoms with E-state index in [0.717, 1.165) is 24.0 Å². The Hall–Kier alpha value is -0.930. The van der Waals surface area contributed by atoms with Crippen LogP contribution in [0.1, 0.15) is 31.4 Å². The SMILES string of the molecule is CC1(C)CCc2cnccc2C1(O)CN. The van der Waals surface area contributed by atoms with Gasteiger partial charge in [0.15, 0.2) is 0 Å². The van der Waals surface area contributed by atoms with Gasteiger partial charge in [-0.25, -0.2) is 0 Å². The van der Waals surface area contributed by atoms with E-state index >= 15 is 0 Å². The molecule has 1 aromatic heterocycles. The van der Waals surface area contributed by atoms with Crippen LogP contribution in [0.5, 0.6) is 0 Å². The molecule has 1 aliphatic rings. The van der Waals surface area contributed by atoms with Crippen molar-refractivity contribution >= 4 is 0 Å². The first kappa shape index (κ1) is 10.6. The molecule has 3 heteroatoms. The Morgan fingerprint density at radius 2 is 2.27 bits per heavy atom. The Kier molecular flexibility index (Phi) is 2.32. The van der Waals surface area contributed by atoms with Crippen molar-refractivity contribution in [2.75, 3.05) is 6.54 Å². The van der Waals surface area contributed by atoms with E-state index in [1.54, 1.807) is 6.20 Å². The van der Waals surface area contributed by atoms with Gasteiger partial charge in [0.25, 0.3) is 0 Å². The van der Waals surface area contributed by atoms with Gasteiger partial charge < -0.3 is 10.8 Å². The third kappa shape index (κ3) is 1.38. The molecule has 0 aliphatic heterocycles. The summed E-state index contributed by atoms with van der Waals surface area (Å²) in [6.07, 6.45) is 5.48. The molecule has 1 aromatic rings. The molecule has 0 fully saturated rings. The van der Waals surface area contributed by atoms with Crippen molar-refractivity contribution in [1.82, 2.24) is 4.98 Å². The molecule has 82 valence electrons. The van der Waals surface area contributed by atoms with Gasteiger partial charge in [-0.2, -0.15) is 0 Å². The highest BCUT2D eigenvalue weighted by atomic mass is 16.3. The minimum absolute atomic E-state index is 0.171. The number of aliphatic hydroxyl groups is 1. The maximum atomic E-state index is 10.7. The van der Waals surface area contributed by atoms with E-state index in [-0.39, 0.29) is 12.0 Å². The summed E-state index contributed by atoms with van der Waals surface area (Å²) in [7, 11) is 0. The summed E-state index contributed by atoms with van der Waals surface area (Å²) in [6, 6.07) is 1.89. The minimum Gasteiger partial charge on any atom is -0.383 e. The van der Waals surface area contributed by atoms with Crippen LogP contribution < -0.4 is 5.73 Å². The Bertz CT molecular complexity index is 376. The second-order valence-corrected chi connectivity index (χ2v) is 4.98. The number of hydrogen-bond acceptors (Lipinski definition) is 3. The zero-order chi connectivity index (χ0) is 11.1. The van der Waals surface area contributed by atoms with E-state index in [4.69, 9.17) is 5.73 Å². The fourth-order valence-corrected chi connectivity index (χ4v) is 2.43. The van der Waals surface area contributed by atoms with Crippen LogP contribution in [0, 0.1) is 5.41 Å². The normalized spacial score (nSPS) is 28.5. The van der Waals surface area contributed by atoms with Crippen LogP contribution in [-0.2, 0) is 12.0 Å². The molecule has 0 saturated carbocycles. The first-order chi connectivity index (χ1) is 7.01. The molecular formula is C12H18N2O. The molecule has 15 heavy (non-hydrogen) atoms. The summed E-state index contributed by atoms with van der Waals surface area (Å²) in [5, 5.41) is 10.7. The first-order valence-corrected chi connectivity index (χ1v) is 5.37. The fraction of sp³-hybridized carbons (Fsp3) is 0.583. The summed E-state index contributed by atoms with van der Waals surface area (Å²) >= 11 is 0. The van der Waals surface area contributed by atoms with E-state index in [9.17, 15) is 5.11 Å². The Morgan fingerprint density at radius 3 is 2.93 bits per heavy atom. The number of nitrogens with zero attached hydrogens (tertiary/aromatic N) is 1. The summed E-state index contributed by atoms with van der Waals surface area (Å²) in [5.74, 6) is 0. The third-order valence-corrected chi connectivity index (χ3v) is 3.78. The molecule has 0 aromatic carbocycles. The molecule has 1 atom stereocenters. The second-order valence-electron chi connectivity index (χ2n) is 4.98. The summed E-state index contributed by atoms with van der Waals surface area (Å²) in [4.78, 5) is 4.09. The van der Waals surface area contributed by atoms with E-state index in [0.29, 0.717) is 0 Å². The van der Waals surface area contributed by atoms with Gasteiger partial charge in [0, 0.05) is 18.9 Å². The number of aryl methyl sites for hydroxylation is 1. The quantitative estimate of drug-likeness (QED) is 0.726. The number of fused-ring (bicyclic) bond motifs is 1. The topological polar surface area (TPSA) is 59.1 Å². The van der Waals surface area contributed by atoms with Crippen LogP contribution in [0.15, 0.2) is 18.5 Å². The minimum atomic E-state index is -0.913. The average Bonchev–Trinajstić information content (AvgIpc) is 2.24. The van der Waals surface area contributed by atoms with Gasteiger partial charge in [-0.1, -0.05) is 13.8 Å². The van der Waals surface area contributed by atoms with Crippen molar-refractivity contribution in [2.24, 2.45) is 11.1 Å². The molecular weight excluding hydrogens is 188 g/mol. The van der Waals surface area contributed by atoms with Crippen molar-refractivity contribution in [3.8, 4) is 0 Å². The smallest absolute Gasteiger partial charge is 0.107 e. The van der Waals surface area contributed by atoms with Gasteiger partial charge in [0.1, 0.15) is 5.60 Å². The first-order valence-electron chi connectivity index (χ1n) is 5.37. The molecule has 1 unspecified atom stereocenters. The average molecular weight is 206 g/mol. The molecule has 0 spiro atoms. The molecule has 0 saturated heterocycles. The van der Waals surface area contributed by atoms with Crippen molar-refractivity contribution in [3.63, 3.8) is 0 Å². The van der Waals surface area contributed by atoms with Crippen LogP contribution in [0.3, 0.4) is 0 Å². The number of pyridine rings is 1. The molecule has 3 N–H and O–H groups in total. The Balaban J connectivity index is 2.58. The number of aromatic nitrogens is 1. The van der Waals surface area contributed by atoms with E-state index < -0.39 is 5.60 Å². The monoisotopic (exact) mass is 206 g/mol. The largest absolute Gasteiger partial charge is 0.383 e. The molecule has 1 heterocycles.